The molecule has 2 aromatic rings. The Morgan fingerprint density at radius 1 is 1.03 bits per heavy atom. The third-order valence-corrected chi connectivity index (χ3v) is 5.71. The van der Waals surface area contributed by atoms with Crippen LogP contribution in [0.3, 0.4) is 0 Å². The molecular weight excluding hydrogens is 398 g/mol. The highest BCUT2D eigenvalue weighted by Gasteiger charge is 2.37. The molecule has 0 saturated carbocycles. The molecule has 31 heavy (non-hydrogen) atoms. The fourth-order valence-electron chi connectivity index (χ4n) is 4.13. The van der Waals surface area contributed by atoms with Gasteiger partial charge in [-0.3, -0.25) is 4.79 Å². The van der Waals surface area contributed by atoms with Gasteiger partial charge in [-0.1, -0.05) is 30.3 Å². The van der Waals surface area contributed by atoms with E-state index in [4.69, 9.17) is 23.7 Å². The summed E-state index contributed by atoms with van der Waals surface area (Å²) in [6, 6.07) is 13.2. The second-order valence-electron chi connectivity index (χ2n) is 7.66. The van der Waals surface area contributed by atoms with E-state index in [1.807, 2.05) is 35.2 Å². The van der Waals surface area contributed by atoms with Crippen LogP contribution in [0, 0.1) is 0 Å². The van der Waals surface area contributed by atoms with Crippen LogP contribution >= 0.6 is 0 Å². The average molecular weight is 427 g/mol. The number of ether oxygens (including phenoxy) is 5. The summed E-state index contributed by atoms with van der Waals surface area (Å²) in [5, 5.41) is 0. The highest BCUT2D eigenvalue weighted by molar-refractivity contribution is 5.96. The molecule has 0 radical (unpaired) electrons. The first kappa shape index (κ1) is 21.5. The number of carbonyl (C=O) groups is 1. The van der Waals surface area contributed by atoms with Crippen molar-refractivity contribution in [2.24, 2.45) is 0 Å². The number of benzene rings is 2. The minimum Gasteiger partial charge on any atom is -0.493 e. The van der Waals surface area contributed by atoms with E-state index in [0.717, 1.165) is 24.8 Å². The topological polar surface area (TPSA) is 66.5 Å². The zero-order chi connectivity index (χ0) is 21.6. The molecule has 0 aromatic heterocycles. The van der Waals surface area contributed by atoms with E-state index in [1.54, 1.807) is 26.4 Å². The molecule has 2 aliphatic rings. The molecule has 2 aliphatic heterocycles. The zero-order valence-corrected chi connectivity index (χ0v) is 18.0. The normalized spacial score (nSPS) is 19.3. The van der Waals surface area contributed by atoms with Crippen LogP contribution in [-0.4, -0.2) is 57.1 Å². The van der Waals surface area contributed by atoms with Gasteiger partial charge in [-0.25, -0.2) is 0 Å². The van der Waals surface area contributed by atoms with Crippen molar-refractivity contribution in [3.8, 4) is 17.2 Å². The molecule has 0 spiro atoms. The maximum absolute atomic E-state index is 13.5. The Labute approximate surface area is 182 Å². The average Bonchev–Trinajstić information content (AvgIpc) is 3.37. The van der Waals surface area contributed by atoms with E-state index in [9.17, 15) is 4.79 Å². The summed E-state index contributed by atoms with van der Waals surface area (Å²) in [6.45, 7) is 2.17. The van der Waals surface area contributed by atoms with Gasteiger partial charge in [0.1, 0.15) is 6.61 Å². The van der Waals surface area contributed by atoms with Gasteiger partial charge in [0, 0.05) is 12.1 Å². The summed E-state index contributed by atoms with van der Waals surface area (Å²) in [5.74, 6) is 1.30. The van der Waals surface area contributed by atoms with Crippen LogP contribution < -0.4 is 14.2 Å². The summed E-state index contributed by atoms with van der Waals surface area (Å²) < 4.78 is 28.5. The van der Waals surface area contributed by atoms with E-state index < -0.39 is 0 Å². The number of amides is 1. The Morgan fingerprint density at radius 3 is 2.35 bits per heavy atom. The molecule has 7 heteroatoms. The van der Waals surface area contributed by atoms with Gasteiger partial charge in [0.25, 0.3) is 5.91 Å². The van der Waals surface area contributed by atoms with Crippen LogP contribution in [0.25, 0.3) is 0 Å². The van der Waals surface area contributed by atoms with E-state index in [-0.39, 0.29) is 18.2 Å². The van der Waals surface area contributed by atoms with E-state index in [1.165, 1.54) is 0 Å². The van der Waals surface area contributed by atoms with Gasteiger partial charge < -0.3 is 28.6 Å². The van der Waals surface area contributed by atoms with Gasteiger partial charge in [0.2, 0.25) is 5.75 Å². The maximum Gasteiger partial charge on any atom is 0.254 e. The maximum atomic E-state index is 13.5. The van der Waals surface area contributed by atoms with Crippen LogP contribution in [0.15, 0.2) is 42.5 Å². The molecule has 2 heterocycles. The van der Waals surface area contributed by atoms with Crippen molar-refractivity contribution in [3.05, 3.63) is 53.6 Å². The lowest BCUT2D eigenvalue weighted by Crippen LogP contribution is -2.50. The van der Waals surface area contributed by atoms with Crippen LogP contribution in [0.4, 0.5) is 0 Å². The van der Waals surface area contributed by atoms with Crippen molar-refractivity contribution in [3.63, 3.8) is 0 Å². The molecule has 1 unspecified atom stereocenters. The van der Waals surface area contributed by atoms with Crippen molar-refractivity contribution in [2.45, 2.75) is 38.2 Å². The molecule has 4 rings (SSSR count). The molecular formula is C24H29NO6. The Hall–Kier alpha value is -2.77. The minimum atomic E-state index is -0.360. The van der Waals surface area contributed by atoms with Gasteiger partial charge >= 0.3 is 0 Å². The molecule has 2 fully saturated rings. The van der Waals surface area contributed by atoms with Crippen molar-refractivity contribution < 1.29 is 28.5 Å². The lowest BCUT2D eigenvalue weighted by Gasteiger charge is -2.38. The number of piperidine rings is 1. The van der Waals surface area contributed by atoms with E-state index >= 15 is 0 Å². The molecule has 0 bridgehead atoms. The van der Waals surface area contributed by atoms with Gasteiger partial charge in [-0.2, -0.15) is 0 Å². The number of likely N-dealkylation sites (tertiary alicyclic amines) is 1. The molecule has 1 amide bonds. The fourth-order valence-corrected chi connectivity index (χ4v) is 4.13. The number of rotatable bonds is 7. The van der Waals surface area contributed by atoms with Crippen LogP contribution in [0.1, 0.15) is 35.2 Å². The Bertz CT molecular complexity index is 856. The summed E-state index contributed by atoms with van der Waals surface area (Å²) >= 11 is 0. The van der Waals surface area contributed by atoms with E-state index in [2.05, 4.69) is 0 Å². The molecule has 1 atom stereocenters. The molecule has 0 N–H and O–H groups in total. The van der Waals surface area contributed by atoms with Crippen molar-refractivity contribution in [1.82, 2.24) is 4.90 Å². The number of hydrogen-bond donors (Lipinski definition) is 0. The smallest absolute Gasteiger partial charge is 0.254 e. The van der Waals surface area contributed by atoms with Crippen molar-refractivity contribution in [1.29, 1.82) is 0 Å². The van der Waals surface area contributed by atoms with Gasteiger partial charge in [0.05, 0.1) is 33.5 Å². The first-order valence-electron chi connectivity index (χ1n) is 10.7. The Balaban J connectivity index is 1.58. The van der Waals surface area contributed by atoms with Crippen LogP contribution in [-0.2, 0) is 16.1 Å². The molecule has 166 valence electrons. The zero-order valence-electron chi connectivity index (χ0n) is 18.0. The lowest BCUT2D eigenvalue weighted by molar-refractivity contribution is -0.100. The quantitative estimate of drug-likeness (QED) is 0.672. The number of methoxy groups -OCH3 is 2. The lowest BCUT2D eigenvalue weighted by atomic mass is 10.00. The van der Waals surface area contributed by atoms with Crippen LogP contribution in [0.5, 0.6) is 17.2 Å². The third-order valence-electron chi connectivity index (χ3n) is 5.71. The monoisotopic (exact) mass is 427 g/mol. The minimum absolute atomic E-state index is 0.0880. The predicted molar refractivity (Wildman–Crippen MR) is 115 cm³/mol. The van der Waals surface area contributed by atoms with Crippen LogP contribution in [0.2, 0.25) is 0 Å². The van der Waals surface area contributed by atoms with E-state index in [0.29, 0.717) is 49.2 Å². The van der Waals surface area contributed by atoms with Crippen molar-refractivity contribution >= 4 is 5.91 Å². The second-order valence-corrected chi connectivity index (χ2v) is 7.66. The summed E-state index contributed by atoms with van der Waals surface area (Å²) in [6.07, 6.45) is 2.52. The Kier molecular flexibility index (Phi) is 6.94. The second kappa shape index (κ2) is 10.0. The SMILES string of the molecule is COc1cc(C(=O)N2CCCCC2C2OCCO2)cc(OC)c1OCc1ccccc1. The third kappa shape index (κ3) is 4.78. The first-order chi connectivity index (χ1) is 15.2. The predicted octanol–water partition coefficient (Wildman–Crippen LogP) is 3.65. The number of hydrogen-bond acceptors (Lipinski definition) is 6. The molecule has 2 saturated heterocycles. The fraction of sp³-hybridized carbons (Fsp3) is 0.458. The Morgan fingerprint density at radius 2 is 1.71 bits per heavy atom. The first-order valence-corrected chi connectivity index (χ1v) is 10.7. The number of nitrogens with zero attached hydrogens (tertiary/aromatic N) is 1. The summed E-state index contributed by atoms with van der Waals surface area (Å²) in [4.78, 5) is 15.3. The van der Waals surface area contributed by atoms with Crippen molar-refractivity contribution in [2.75, 3.05) is 34.0 Å². The van der Waals surface area contributed by atoms with Gasteiger partial charge in [-0.15, -0.1) is 0 Å². The highest BCUT2D eigenvalue weighted by atomic mass is 16.7. The summed E-state index contributed by atoms with van der Waals surface area (Å²) in [5.41, 5.74) is 1.52. The van der Waals surface area contributed by atoms with Gasteiger partial charge in [-0.05, 0) is 37.0 Å². The molecule has 0 aliphatic carbocycles. The van der Waals surface area contributed by atoms with Gasteiger partial charge in [0.15, 0.2) is 17.8 Å². The molecule has 7 nitrogen and oxygen atoms in total. The highest BCUT2D eigenvalue weighted by Crippen LogP contribution is 2.40. The standard InChI is InChI=1S/C24H29NO6/c1-27-20-14-18(15-21(28-2)22(20)31-16-17-8-4-3-5-9-17)23(26)25-11-7-6-10-19(25)24-29-12-13-30-24/h3-5,8-9,14-15,19,24H,6-7,10-13,16H2,1-2H3. The largest absolute Gasteiger partial charge is 0.493 e. The molecule has 2 aromatic carbocycles. The number of carbonyl (C=O) groups excluding carboxylic acids is 1. The summed E-state index contributed by atoms with van der Waals surface area (Å²) in [7, 11) is 3.12.